The van der Waals surface area contributed by atoms with Gasteiger partial charge in [-0.3, -0.25) is 4.79 Å². The molecule has 7 heteroatoms. The molecule has 0 amide bonds. The van der Waals surface area contributed by atoms with Crippen LogP contribution in [0.2, 0.25) is 0 Å². The summed E-state index contributed by atoms with van der Waals surface area (Å²) in [6.07, 6.45) is 5.84. The summed E-state index contributed by atoms with van der Waals surface area (Å²) in [4.78, 5) is 10.9. The lowest BCUT2D eigenvalue weighted by Crippen LogP contribution is -2.47. The topological polar surface area (TPSA) is 77.9 Å². The lowest BCUT2D eigenvalue weighted by Gasteiger charge is -2.28. The van der Waals surface area contributed by atoms with E-state index in [4.69, 9.17) is 5.11 Å². The van der Waals surface area contributed by atoms with Gasteiger partial charge < -0.3 is 5.11 Å². The zero-order valence-corrected chi connectivity index (χ0v) is 11.9. The maximum absolute atomic E-state index is 12.5. The second-order valence-corrected chi connectivity index (χ2v) is 7.38. The Labute approximate surface area is 114 Å². The highest BCUT2D eigenvalue weighted by Crippen LogP contribution is 2.31. The van der Waals surface area contributed by atoms with Gasteiger partial charge in [0.05, 0.1) is 0 Å². The Morgan fingerprint density at radius 3 is 2.21 bits per heavy atom. The highest BCUT2D eigenvalue weighted by atomic mass is 32.2. The van der Waals surface area contributed by atoms with Gasteiger partial charge in [-0.05, 0) is 31.6 Å². The van der Waals surface area contributed by atoms with E-state index < -0.39 is 22.7 Å². The van der Waals surface area contributed by atoms with Crippen LogP contribution < -0.4 is 0 Å². The minimum Gasteiger partial charge on any atom is -0.480 e. The van der Waals surface area contributed by atoms with Crippen LogP contribution in [0.3, 0.4) is 0 Å². The predicted molar refractivity (Wildman–Crippen MR) is 70.9 cm³/mol. The van der Waals surface area contributed by atoms with Gasteiger partial charge in [0.15, 0.2) is 0 Å². The van der Waals surface area contributed by atoms with Crippen LogP contribution in [0.1, 0.15) is 38.5 Å². The number of aliphatic carboxylic acids is 1. The van der Waals surface area contributed by atoms with Crippen molar-refractivity contribution in [3.63, 3.8) is 0 Å². The third-order valence-corrected chi connectivity index (χ3v) is 5.64. The van der Waals surface area contributed by atoms with E-state index in [1.165, 1.54) is 4.31 Å². The Morgan fingerprint density at radius 1 is 1.16 bits per heavy atom. The maximum Gasteiger partial charge on any atom is 0.318 e. The number of carboxylic acids is 1. The molecular weight excluding hydrogens is 268 g/mol. The standard InChI is InChI=1S/C12H22N2O4S/c15-12(16)10-14(9-11-5-6-11)19(17,18)13-7-3-1-2-4-8-13/h11H,1-10H2,(H,15,16). The quantitative estimate of drug-likeness (QED) is 0.788. The molecule has 2 aliphatic rings. The van der Waals surface area contributed by atoms with Crippen molar-refractivity contribution in [1.82, 2.24) is 8.61 Å². The van der Waals surface area contributed by atoms with Gasteiger partial charge in [-0.2, -0.15) is 17.0 Å². The minimum atomic E-state index is -3.61. The minimum absolute atomic E-state index is 0.348. The molecule has 0 bridgehead atoms. The predicted octanol–water partition coefficient (Wildman–Crippen LogP) is 0.904. The van der Waals surface area contributed by atoms with Gasteiger partial charge in [0.2, 0.25) is 0 Å². The van der Waals surface area contributed by atoms with Gasteiger partial charge in [-0.15, -0.1) is 0 Å². The SMILES string of the molecule is O=C(O)CN(CC1CC1)S(=O)(=O)N1CCCCCC1. The fourth-order valence-corrected chi connectivity index (χ4v) is 4.13. The van der Waals surface area contributed by atoms with Crippen molar-refractivity contribution < 1.29 is 18.3 Å². The molecule has 110 valence electrons. The number of hydrogen-bond acceptors (Lipinski definition) is 3. The van der Waals surface area contributed by atoms with E-state index in [1.54, 1.807) is 0 Å². The third kappa shape index (κ3) is 4.15. The summed E-state index contributed by atoms with van der Waals surface area (Å²) < 4.78 is 27.7. The molecule has 1 aliphatic heterocycles. The summed E-state index contributed by atoms with van der Waals surface area (Å²) in [7, 11) is -3.61. The fourth-order valence-electron chi connectivity index (χ4n) is 2.42. The van der Waals surface area contributed by atoms with Gasteiger partial charge in [0.25, 0.3) is 10.2 Å². The van der Waals surface area contributed by atoms with E-state index in [0.717, 1.165) is 42.8 Å². The van der Waals surface area contributed by atoms with E-state index in [2.05, 4.69) is 0 Å². The Morgan fingerprint density at radius 2 is 1.74 bits per heavy atom. The number of carboxylic acid groups (broad SMARTS) is 1. The molecule has 6 nitrogen and oxygen atoms in total. The Balaban J connectivity index is 2.08. The lowest BCUT2D eigenvalue weighted by atomic mass is 10.2. The molecule has 0 spiro atoms. The fraction of sp³-hybridized carbons (Fsp3) is 0.917. The van der Waals surface area contributed by atoms with Crippen LogP contribution in [-0.2, 0) is 15.0 Å². The maximum atomic E-state index is 12.5. The Hall–Kier alpha value is -0.660. The molecule has 2 rings (SSSR count). The van der Waals surface area contributed by atoms with E-state index in [-0.39, 0.29) is 0 Å². The molecule has 0 aromatic rings. The second-order valence-electron chi connectivity index (χ2n) is 5.45. The molecule has 0 atom stereocenters. The van der Waals surface area contributed by atoms with Gasteiger partial charge in [0, 0.05) is 19.6 Å². The molecular formula is C12H22N2O4S. The van der Waals surface area contributed by atoms with Crippen LogP contribution >= 0.6 is 0 Å². The Kier molecular flexibility index (Phi) is 4.81. The monoisotopic (exact) mass is 290 g/mol. The van der Waals surface area contributed by atoms with Crippen molar-refractivity contribution in [2.75, 3.05) is 26.2 Å². The third-order valence-electron chi connectivity index (χ3n) is 3.69. The number of rotatable bonds is 6. The Bertz CT molecular complexity index is 411. The molecule has 1 N–H and O–H groups in total. The zero-order chi connectivity index (χ0) is 13.9. The van der Waals surface area contributed by atoms with Crippen LogP contribution in [0.25, 0.3) is 0 Å². The van der Waals surface area contributed by atoms with E-state index >= 15 is 0 Å². The summed E-state index contributed by atoms with van der Waals surface area (Å²) in [6, 6.07) is 0. The lowest BCUT2D eigenvalue weighted by molar-refractivity contribution is -0.137. The van der Waals surface area contributed by atoms with E-state index in [9.17, 15) is 13.2 Å². The van der Waals surface area contributed by atoms with Crippen LogP contribution in [0.4, 0.5) is 0 Å². The summed E-state index contributed by atoms with van der Waals surface area (Å²) in [6.45, 7) is 0.965. The molecule has 0 radical (unpaired) electrons. The molecule has 1 saturated carbocycles. The largest absolute Gasteiger partial charge is 0.480 e. The molecule has 0 aromatic heterocycles. The molecule has 1 aliphatic carbocycles. The first-order valence-electron chi connectivity index (χ1n) is 6.97. The van der Waals surface area contributed by atoms with Crippen molar-refractivity contribution >= 4 is 16.2 Å². The second kappa shape index (κ2) is 6.19. The van der Waals surface area contributed by atoms with Crippen LogP contribution in [0.15, 0.2) is 0 Å². The normalized spacial score (nSPS) is 22.4. The average Bonchev–Trinajstić information content (AvgIpc) is 3.13. The zero-order valence-electron chi connectivity index (χ0n) is 11.1. The molecule has 0 aromatic carbocycles. The highest BCUT2D eigenvalue weighted by molar-refractivity contribution is 7.86. The van der Waals surface area contributed by atoms with Crippen molar-refractivity contribution in [2.45, 2.75) is 38.5 Å². The van der Waals surface area contributed by atoms with Crippen molar-refractivity contribution in [3.8, 4) is 0 Å². The highest BCUT2D eigenvalue weighted by Gasteiger charge is 2.35. The van der Waals surface area contributed by atoms with Gasteiger partial charge in [-0.25, -0.2) is 0 Å². The number of carbonyl (C=O) groups is 1. The summed E-state index contributed by atoms with van der Waals surface area (Å²) in [5.41, 5.74) is 0. The van der Waals surface area contributed by atoms with E-state index in [1.807, 2.05) is 0 Å². The smallest absolute Gasteiger partial charge is 0.318 e. The number of hydrogen-bond donors (Lipinski definition) is 1. The molecule has 19 heavy (non-hydrogen) atoms. The first-order chi connectivity index (χ1) is 9.00. The summed E-state index contributed by atoms with van der Waals surface area (Å²) in [5.74, 6) is -0.736. The average molecular weight is 290 g/mol. The molecule has 1 heterocycles. The molecule has 0 unspecified atom stereocenters. The van der Waals surface area contributed by atoms with Crippen molar-refractivity contribution in [1.29, 1.82) is 0 Å². The summed E-state index contributed by atoms with van der Waals surface area (Å²) in [5, 5.41) is 8.91. The molecule has 1 saturated heterocycles. The first-order valence-corrected chi connectivity index (χ1v) is 8.37. The number of nitrogens with zero attached hydrogens (tertiary/aromatic N) is 2. The van der Waals surface area contributed by atoms with E-state index in [0.29, 0.717) is 25.6 Å². The van der Waals surface area contributed by atoms with Crippen molar-refractivity contribution in [3.05, 3.63) is 0 Å². The van der Waals surface area contributed by atoms with Crippen LogP contribution in [0.5, 0.6) is 0 Å². The first kappa shape index (κ1) is 14.7. The molecule has 2 fully saturated rings. The van der Waals surface area contributed by atoms with Gasteiger partial charge >= 0.3 is 5.97 Å². The van der Waals surface area contributed by atoms with Crippen LogP contribution in [0, 0.1) is 5.92 Å². The van der Waals surface area contributed by atoms with Crippen LogP contribution in [-0.4, -0.2) is 54.3 Å². The van der Waals surface area contributed by atoms with Crippen molar-refractivity contribution in [2.24, 2.45) is 5.92 Å². The van der Waals surface area contributed by atoms with Gasteiger partial charge in [0.1, 0.15) is 6.54 Å². The van der Waals surface area contributed by atoms with Gasteiger partial charge in [-0.1, -0.05) is 12.8 Å². The summed E-state index contributed by atoms with van der Waals surface area (Å²) >= 11 is 0.